The number of aromatic nitrogens is 1. The van der Waals surface area contributed by atoms with Gasteiger partial charge >= 0.3 is 0 Å². The molecule has 2 aromatic rings. The zero-order chi connectivity index (χ0) is 16.6. The summed E-state index contributed by atoms with van der Waals surface area (Å²) in [6.45, 7) is 1.97. The van der Waals surface area contributed by atoms with Crippen LogP contribution in [0.15, 0.2) is 33.7 Å². The van der Waals surface area contributed by atoms with Crippen molar-refractivity contribution in [3.05, 3.63) is 41.6 Å². The maximum atomic E-state index is 12.3. The number of oxazole rings is 1. The van der Waals surface area contributed by atoms with E-state index in [0.29, 0.717) is 18.1 Å². The SMILES string of the molecule is Cc1cnc(CCNS(=O)(=O)c2ccc3c(c2)CC(=O)N3C)o1. The highest BCUT2D eigenvalue weighted by molar-refractivity contribution is 7.89. The van der Waals surface area contributed by atoms with Gasteiger partial charge in [-0.3, -0.25) is 4.79 Å². The van der Waals surface area contributed by atoms with Crippen molar-refractivity contribution in [3.8, 4) is 0 Å². The molecule has 122 valence electrons. The summed E-state index contributed by atoms with van der Waals surface area (Å²) in [4.78, 5) is 17.4. The molecule has 7 nitrogen and oxygen atoms in total. The van der Waals surface area contributed by atoms with E-state index < -0.39 is 10.0 Å². The lowest BCUT2D eigenvalue weighted by Gasteiger charge is -2.11. The van der Waals surface area contributed by atoms with Gasteiger partial charge in [0.1, 0.15) is 5.76 Å². The average molecular weight is 335 g/mol. The Morgan fingerprint density at radius 2 is 2.17 bits per heavy atom. The molecule has 1 aliphatic rings. The summed E-state index contributed by atoms with van der Waals surface area (Å²) < 4.78 is 32.5. The normalized spacial score (nSPS) is 14.3. The lowest BCUT2D eigenvalue weighted by molar-refractivity contribution is -0.117. The molecular formula is C15H17N3O4S. The molecule has 8 heteroatoms. The monoisotopic (exact) mass is 335 g/mol. The van der Waals surface area contributed by atoms with E-state index in [4.69, 9.17) is 4.42 Å². The minimum Gasteiger partial charge on any atom is -0.446 e. The zero-order valence-electron chi connectivity index (χ0n) is 12.9. The van der Waals surface area contributed by atoms with E-state index in [-0.39, 0.29) is 23.8 Å². The number of likely N-dealkylation sites (N-methyl/N-ethyl adjacent to an activating group) is 1. The first kappa shape index (κ1) is 15.7. The van der Waals surface area contributed by atoms with Crippen LogP contribution in [-0.4, -0.2) is 32.9 Å². The molecule has 0 saturated carbocycles. The molecule has 0 radical (unpaired) electrons. The lowest BCUT2D eigenvalue weighted by Crippen LogP contribution is -2.26. The van der Waals surface area contributed by atoms with Crippen molar-refractivity contribution >= 4 is 21.6 Å². The average Bonchev–Trinajstić information content (AvgIpc) is 3.03. The molecule has 23 heavy (non-hydrogen) atoms. The van der Waals surface area contributed by atoms with Crippen LogP contribution < -0.4 is 9.62 Å². The maximum absolute atomic E-state index is 12.3. The first-order chi connectivity index (χ1) is 10.9. The number of rotatable bonds is 5. The molecule has 1 aromatic carbocycles. The third-order valence-electron chi connectivity index (χ3n) is 3.74. The van der Waals surface area contributed by atoms with E-state index in [9.17, 15) is 13.2 Å². The van der Waals surface area contributed by atoms with Gasteiger partial charge in [0.25, 0.3) is 0 Å². The van der Waals surface area contributed by atoms with E-state index in [0.717, 1.165) is 11.3 Å². The van der Waals surface area contributed by atoms with E-state index in [2.05, 4.69) is 9.71 Å². The summed E-state index contributed by atoms with van der Waals surface area (Å²) in [6.07, 6.45) is 2.20. The van der Waals surface area contributed by atoms with Crippen molar-refractivity contribution < 1.29 is 17.6 Å². The molecule has 1 aliphatic heterocycles. The second-order valence-electron chi connectivity index (χ2n) is 5.43. The molecule has 1 aromatic heterocycles. The molecule has 1 N–H and O–H groups in total. The summed E-state index contributed by atoms with van der Waals surface area (Å²) in [6, 6.07) is 4.71. The van der Waals surface area contributed by atoms with Crippen molar-refractivity contribution in [1.29, 1.82) is 0 Å². The van der Waals surface area contributed by atoms with Crippen LogP contribution in [0, 0.1) is 6.92 Å². The Morgan fingerprint density at radius 1 is 1.39 bits per heavy atom. The minimum absolute atomic E-state index is 0.0400. The fourth-order valence-corrected chi connectivity index (χ4v) is 3.59. The molecule has 0 atom stereocenters. The molecule has 0 fully saturated rings. The molecule has 3 rings (SSSR count). The van der Waals surface area contributed by atoms with Gasteiger partial charge in [-0.15, -0.1) is 0 Å². The summed E-state index contributed by atoms with van der Waals surface area (Å²) in [5, 5.41) is 0. The van der Waals surface area contributed by atoms with Crippen molar-refractivity contribution in [1.82, 2.24) is 9.71 Å². The minimum atomic E-state index is -3.63. The third kappa shape index (κ3) is 3.13. The second kappa shape index (κ2) is 5.78. The number of fused-ring (bicyclic) bond motifs is 1. The van der Waals surface area contributed by atoms with Crippen molar-refractivity contribution in [2.45, 2.75) is 24.7 Å². The molecule has 1 amide bonds. The van der Waals surface area contributed by atoms with E-state index in [1.165, 1.54) is 11.0 Å². The Labute approximate surface area is 134 Å². The van der Waals surface area contributed by atoms with E-state index in [1.807, 2.05) is 0 Å². The summed E-state index contributed by atoms with van der Waals surface area (Å²) in [5.74, 6) is 1.14. The Balaban J connectivity index is 1.70. The lowest BCUT2D eigenvalue weighted by atomic mass is 10.2. The molecule has 0 saturated heterocycles. The second-order valence-corrected chi connectivity index (χ2v) is 7.20. The maximum Gasteiger partial charge on any atom is 0.240 e. The van der Waals surface area contributed by atoms with Crippen LogP contribution >= 0.6 is 0 Å². The van der Waals surface area contributed by atoms with Crippen LogP contribution in [-0.2, 0) is 27.7 Å². The van der Waals surface area contributed by atoms with Gasteiger partial charge in [-0.2, -0.15) is 0 Å². The number of sulfonamides is 1. The number of carbonyl (C=O) groups is 1. The fourth-order valence-electron chi connectivity index (χ4n) is 2.51. The predicted octanol–water partition coefficient (Wildman–Crippen LogP) is 1.02. The number of nitrogens with one attached hydrogen (secondary N) is 1. The van der Waals surface area contributed by atoms with Crippen LogP contribution in [0.1, 0.15) is 17.2 Å². The van der Waals surface area contributed by atoms with Gasteiger partial charge in [0, 0.05) is 25.7 Å². The molecule has 0 aliphatic carbocycles. The van der Waals surface area contributed by atoms with Gasteiger partial charge < -0.3 is 9.32 Å². The number of aryl methyl sites for hydroxylation is 1. The number of hydrogen-bond donors (Lipinski definition) is 1. The van der Waals surface area contributed by atoms with E-state index in [1.54, 1.807) is 32.3 Å². The molecular weight excluding hydrogens is 318 g/mol. The molecule has 0 unspecified atom stereocenters. The Kier molecular flexibility index (Phi) is 3.95. The van der Waals surface area contributed by atoms with Gasteiger partial charge in [-0.25, -0.2) is 18.1 Å². The largest absolute Gasteiger partial charge is 0.446 e. The first-order valence-corrected chi connectivity index (χ1v) is 8.65. The van der Waals surface area contributed by atoms with Gasteiger partial charge in [-0.05, 0) is 30.7 Å². The van der Waals surface area contributed by atoms with Crippen LogP contribution in [0.2, 0.25) is 0 Å². The van der Waals surface area contributed by atoms with Crippen LogP contribution in [0.25, 0.3) is 0 Å². The van der Waals surface area contributed by atoms with Crippen LogP contribution in [0.4, 0.5) is 5.69 Å². The molecule has 0 spiro atoms. The highest BCUT2D eigenvalue weighted by Crippen LogP contribution is 2.29. The topological polar surface area (TPSA) is 92.5 Å². The van der Waals surface area contributed by atoms with E-state index >= 15 is 0 Å². The third-order valence-corrected chi connectivity index (χ3v) is 5.20. The van der Waals surface area contributed by atoms with Crippen LogP contribution in [0.3, 0.4) is 0 Å². The smallest absolute Gasteiger partial charge is 0.240 e. The number of carbonyl (C=O) groups excluding carboxylic acids is 1. The Hall–Kier alpha value is -2.19. The highest BCUT2D eigenvalue weighted by Gasteiger charge is 2.26. The number of hydrogen-bond acceptors (Lipinski definition) is 5. The van der Waals surface area contributed by atoms with Crippen molar-refractivity contribution in [2.75, 3.05) is 18.5 Å². The molecule has 2 heterocycles. The Morgan fingerprint density at radius 3 is 2.87 bits per heavy atom. The number of amides is 1. The van der Waals surface area contributed by atoms with Gasteiger partial charge in [0.2, 0.25) is 15.9 Å². The summed E-state index contributed by atoms with van der Waals surface area (Å²) in [7, 11) is -1.95. The summed E-state index contributed by atoms with van der Waals surface area (Å²) >= 11 is 0. The predicted molar refractivity (Wildman–Crippen MR) is 83.7 cm³/mol. The Bertz CT molecular complexity index is 857. The number of anilines is 1. The first-order valence-electron chi connectivity index (χ1n) is 7.17. The fraction of sp³-hybridized carbons (Fsp3) is 0.333. The molecule has 0 bridgehead atoms. The quantitative estimate of drug-likeness (QED) is 0.881. The van der Waals surface area contributed by atoms with Gasteiger partial charge in [-0.1, -0.05) is 0 Å². The van der Waals surface area contributed by atoms with Crippen molar-refractivity contribution in [3.63, 3.8) is 0 Å². The van der Waals surface area contributed by atoms with Gasteiger partial charge in [0.15, 0.2) is 5.89 Å². The van der Waals surface area contributed by atoms with Crippen LogP contribution in [0.5, 0.6) is 0 Å². The van der Waals surface area contributed by atoms with Gasteiger partial charge in [0.05, 0.1) is 17.5 Å². The summed E-state index contributed by atoms with van der Waals surface area (Å²) in [5.41, 5.74) is 1.48. The number of nitrogens with zero attached hydrogens (tertiary/aromatic N) is 2. The number of benzene rings is 1. The standard InChI is InChI=1S/C15H17N3O4S/c1-10-9-16-14(22-10)5-6-17-23(20,21)12-3-4-13-11(7-12)8-15(19)18(13)2/h3-4,7,9,17H,5-6,8H2,1-2H3. The van der Waals surface area contributed by atoms with Crippen molar-refractivity contribution in [2.24, 2.45) is 0 Å². The zero-order valence-corrected chi connectivity index (χ0v) is 13.7. The highest BCUT2D eigenvalue weighted by atomic mass is 32.2.